The molecule has 0 aliphatic heterocycles. The third kappa shape index (κ3) is 2.45. The van der Waals surface area contributed by atoms with Crippen molar-refractivity contribution in [3.8, 4) is 5.75 Å². The van der Waals surface area contributed by atoms with E-state index >= 15 is 0 Å². The maximum atomic E-state index is 9.90. The van der Waals surface area contributed by atoms with Crippen molar-refractivity contribution < 1.29 is 9.66 Å². The van der Waals surface area contributed by atoms with E-state index in [1.54, 1.807) is 24.3 Å². The SMILES string of the molecule is Nc1ccc(OC[N+](=O)[O-])cc1. The number of hydrogen-bond donors (Lipinski definition) is 1. The molecule has 0 radical (unpaired) electrons. The first-order chi connectivity index (χ1) is 5.68. The maximum Gasteiger partial charge on any atom is 0.344 e. The Balaban J connectivity index is 2.53. The molecule has 0 saturated carbocycles. The Morgan fingerprint density at radius 2 is 2.00 bits per heavy atom. The van der Waals surface area contributed by atoms with Gasteiger partial charge in [0, 0.05) is 5.69 Å². The van der Waals surface area contributed by atoms with E-state index in [0.717, 1.165) is 0 Å². The molecular weight excluding hydrogens is 160 g/mol. The van der Waals surface area contributed by atoms with Gasteiger partial charge in [0.2, 0.25) is 0 Å². The Bertz CT molecular complexity index is 270. The summed E-state index contributed by atoms with van der Waals surface area (Å²) >= 11 is 0. The molecule has 0 atom stereocenters. The monoisotopic (exact) mass is 168 g/mol. The van der Waals surface area contributed by atoms with Crippen molar-refractivity contribution in [3.63, 3.8) is 0 Å². The lowest BCUT2D eigenvalue weighted by Crippen LogP contribution is -2.07. The first kappa shape index (κ1) is 8.32. The highest BCUT2D eigenvalue weighted by molar-refractivity contribution is 5.41. The van der Waals surface area contributed by atoms with Crippen LogP contribution in [0.4, 0.5) is 5.69 Å². The minimum atomic E-state index is -0.545. The average Bonchev–Trinajstić information content (AvgIpc) is 2.03. The largest absolute Gasteiger partial charge is 0.432 e. The predicted molar refractivity (Wildman–Crippen MR) is 43.3 cm³/mol. The fourth-order valence-electron chi connectivity index (χ4n) is 0.691. The number of anilines is 1. The van der Waals surface area contributed by atoms with Gasteiger partial charge in [-0.05, 0) is 24.3 Å². The molecule has 0 fully saturated rings. The Morgan fingerprint density at radius 3 is 2.50 bits per heavy atom. The zero-order valence-corrected chi connectivity index (χ0v) is 6.27. The summed E-state index contributed by atoms with van der Waals surface area (Å²) in [4.78, 5) is 9.35. The van der Waals surface area contributed by atoms with Crippen LogP contribution in [0.25, 0.3) is 0 Å². The van der Waals surface area contributed by atoms with E-state index in [1.165, 1.54) is 0 Å². The molecular formula is C7H8N2O3. The molecule has 1 rings (SSSR count). The minimum absolute atomic E-state index is 0.445. The first-order valence-electron chi connectivity index (χ1n) is 3.28. The van der Waals surface area contributed by atoms with E-state index in [0.29, 0.717) is 11.4 Å². The van der Waals surface area contributed by atoms with E-state index in [2.05, 4.69) is 0 Å². The lowest BCUT2D eigenvalue weighted by atomic mass is 10.3. The predicted octanol–water partition coefficient (Wildman–Crippen LogP) is 0.882. The number of nitrogens with zero attached hydrogens (tertiary/aromatic N) is 1. The van der Waals surface area contributed by atoms with E-state index < -0.39 is 11.7 Å². The van der Waals surface area contributed by atoms with Crippen LogP contribution in [0.5, 0.6) is 5.75 Å². The van der Waals surface area contributed by atoms with Gasteiger partial charge < -0.3 is 10.5 Å². The molecule has 1 aromatic carbocycles. The zero-order valence-electron chi connectivity index (χ0n) is 6.27. The number of nitro groups is 1. The van der Waals surface area contributed by atoms with Crippen LogP contribution in [-0.2, 0) is 0 Å². The third-order valence-corrected chi connectivity index (χ3v) is 1.22. The van der Waals surface area contributed by atoms with Crippen LogP contribution in [0.3, 0.4) is 0 Å². The Labute approximate surface area is 68.9 Å². The Morgan fingerprint density at radius 1 is 1.42 bits per heavy atom. The molecule has 5 nitrogen and oxygen atoms in total. The number of rotatable bonds is 3. The molecule has 1 aromatic rings. The number of ether oxygens (including phenoxy) is 1. The molecule has 0 aliphatic rings. The molecule has 0 aromatic heterocycles. The second-order valence-corrected chi connectivity index (χ2v) is 2.18. The highest BCUT2D eigenvalue weighted by Gasteiger charge is 1.97. The van der Waals surface area contributed by atoms with E-state index in [9.17, 15) is 10.1 Å². The van der Waals surface area contributed by atoms with Crippen LogP contribution in [0, 0.1) is 10.1 Å². The molecule has 0 amide bonds. The van der Waals surface area contributed by atoms with Crippen molar-refractivity contribution in [2.75, 3.05) is 12.5 Å². The highest BCUT2D eigenvalue weighted by atomic mass is 16.7. The molecule has 2 N–H and O–H groups in total. The molecule has 5 heteroatoms. The lowest BCUT2D eigenvalue weighted by Gasteiger charge is -2.00. The van der Waals surface area contributed by atoms with Crippen molar-refractivity contribution in [2.24, 2.45) is 0 Å². The summed E-state index contributed by atoms with van der Waals surface area (Å²) in [7, 11) is 0. The first-order valence-corrected chi connectivity index (χ1v) is 3.28. The van der Waals surface area contributed by atoms with E-state index in [1.807, 2.05) is 0 Å². The molecule has 0 aliphatic carbocycles. The number of nitrogens with two attached hydrogens (primary N) is 1. The minimum Gasteiger partial charge on any atom is -0.432 e. The summed E-state index contributed by atoms with van der Waals surface area (Å²) in [6, 6.07) is 6.40. The Kier molecular flexibility index (Phi) is 2.47. The van der Waals surface area contributed by atoms with Crippen molar-refractivity contribution in [3.05, 3.63) is 34.4 Å². The van der Waals surface area contributed by atoms with Crippen LogP contribution in [0.1, 0.15) is 0 Å². The highest BCUT2D eigenvalue weighted by Crippen LogP contribution is 2.12. The second kappa shape index (κ2) is 3.56. The van der Waals surface area contributed by atoms with Gasteiger partial charge >= 0.3 is 6.73 Å². The van der Waals surface area contributed by atoms with Crippen LogP contribution < -0.4 is 10.5 Å². The van der Waals surface area contributed by atoms with Crippen LogP contribution in [-0.4, -0.2) is 11.7 Å². The second-order valence-electron chi connectivity index (χ2n) is 2.18. The number of nitrogen functional groups attached to an aromatic ring is 1. The fraction of sp³-hybridized carbons (Fsp3) is 0.143. The van der Waals surface area contributed by atoms with Crippen molar-refractivity contribution in [1.29, 1.82) is 0 Å². The van der Waals surface area contributed by atoms with E-state index in [-0.39, 0.29) is 0 Å². The van der Waals surface area contributed by atoms with Gasteiger partial charge in [0.05, 0.1) is 4.92 Å². The maximum absolute atomic E-state index is 9.90. The molecule has 0 heterocycles. The van der Waals surface area contributed by atoms with Crippen molar-refractivity contribution in [1.82, 2.24) is 0 Å². The zero-order chi connectivity index (χ0) is 8.97. The van der Waals surface area contributed by atoms with Gasteiger partial charge in [0.15, 0.2) is 0 Å². The molecule has 0 bridgehead atoms. The number of benzene rings is 1. The van der Waals surface area contributed by atoms with Crippen molar-refractivity contribution in [2.45, 2.75) is 0 Å². The van der Waals surface area contributed by atoms with Gasteiger partial charge in [-0.3, -0.25) is 10.1 Å². The quantitative estimate of drug-likeness (QED) is 0.314. The standard InChI is InChI=1S/C7H8N2O3/c8-6-1-3-7(4-2-6)12-5-9(10)11/h1-4H,5,8H2. The van der Waals surface area contributed by atoms with Gasteiger partial charge in [-0.15, -0.1) is 0 Å². The van der Waals surface area contributed by atoms with Crippen molar-refractivity contribution >= 4 is 5.69 Å². The van der Waals surface area contributed by atoms with Gasteiger partial charge in [-0.2, -0.15) is 0 Å². The van der Waals surface area contributed by atoms with Gasteiger partial charge in [-0.25, -0.2) is 0 Å². The van der Waals surface area contributed by atoms with Gasteiger partial charge in [0.1, 0.15) is 5.75 Å². The normalized spacial score (nSPS) is 9.33. The Hall–Kier alpha value is -1.78. The summed E-state index contributed by atoms with van der Waals surface area (Å²) in [6.07, 6.45) is 0. The molecule has 0 unspecified atom stereocenters. The van der Waals surface area contributed by atoms with Crippen LogP contribution >= 0.6 is 0 Å². The molecule has 64 valence electrons. The summed E-state index contributed by atoms with van der Waals surface area (Å²) in [5.41, 5.74) is 5.99. The summed E-state index contributed by atoms with van der Waals surface area (Å²) < 4.78 is 4.77. The number of hydrogen-bond acceptors (Lipinski definition) is 4. The van der Waals surface area contributed by atoms with Gasteiger partial charge in [-0.1, -0.05) is 0 Å². The fourth-order valence-corrected chi connectivity index (χ4v) is 0.691. The van der Waals surface area contributed by atoms with Crippen LogP contribution in [0.2, 0.25) is 0 Å². The van der Waals surface area contributed by atoms with Gasteiger partial charge in [0.25, 0.3) is 0 Å². The smallest absolute Gasteiger partial charge is 0.344 e. The summed E-state index contributed by atoms with van der Waals surface area (Å²) in [5, 5.41) is 9.90. The topological polar surface area (TPSA) is 78.4 Å². The summed E-state index contributed by atoms with van der Waals surface area (Å²) in [5.74, 6) is 0.445. The van der Waals surface area contributed by atoms with E-state index in [4.69, 9.17) is 10.5 Å². The summed E-state index contributed by atoms with van der Waals surface area (Å²) in [6.45, 7) is -0.524. The lowest BCUT2D eigenvalue weighted by molar-refractivity contribution is -0.514. The average molecular weight is 168 g/mol. The van der Waals surface area contributed by atoms with Crippen LogP contribution in [0.15, 0.2) is 24.3 Å². The molecule has 0 saturated heterocycles. The molecule has 12 heavy (non-hydrogen) atoms. The molecule has 0 spiro atoms. The third-order valence-electron chi connectivity index (χ3n) is 1.22.